The summed E-state index contributed by atoms with van der Waals surface area (Å²) in [7, 11) is 0. The van der Waals surface area contributed by atoms with Gasteiger partial charge in [0.2, 0.25) is 0 Å². The molecule has 0 bridgehead atoms. The minimum Gasteiger partial charge on any atom is -0.379 e. The zero-order chi connectivity index (χ0) is 13.7. The van der Waals surface area contributed by atoms with Crippen molar-refractivity contribution in [1.82, 2.24) is 5.48 Å². The molecular formula is C13H10N2O4. The van der Waals surface area contributed by atoms with Crippen LogP contribution in [0.3, 0.4) is 0 Å². The van der Waals surface area contributed by atoms with Gasteiger partial charge in [0.1, 0.15) is 0 Å². The molecule has 2 aromatic rings. The van der Waals surface area contributed by atoms with Gasteiger partial charge in [-0.15, -0.1) is 0 Å². The van der Waals surface area contributed by atoms with Gasteiger partial charge in [-0.2, -0.15) is 5.48 Å². The fraction of sp³-hybridized carbons (Fsp3) is 0. The van der Waals surface area contributed by atoms with E-state index in [9.17, 15) is 14.9 Å². The highest BCUT2D eigenvalue weighted by Gasteiger charge is 2.07. The van der Waals surface area contributed by atoms with Gasteiger partial charge in [-0.1, -0.05) is 18.2 Å². The highest BCUT2D eigenvalue weighted by Crippen LogP contribution is 2.16. The molecule has 0 fully saturated rings. The first-order valence-electron chi connectivity index (χ1n) is 5.43. The molecule has 1 amide bonds. The van der Waals surface area contributed by atoms with E-state index in [-0.39, 0.29) is 11.6 Å². The summed E-state index contributed by atoms with van der Waals surface area (Å²) in [5, 5.41) is 10.5. The van der Waals surface area contributed by atoms with Crippen molar-refractivity contribution in [2.45, 2.75) is 0 Å². The van der Waals surface area contributed by atoms with Gasteiger partial charge in [0.25, 0.3) is 11.6 Å². The summed E-state index contributed by atoms with van der Waals surface area (Å²) in [5.74, 6) is -0.0752. The second-order valence-corrected chi connectivity index (χ2v) is 3.65. The van der Waals surface area contributed by atoms with Crippen molar-refractivity contribution < 1.29 is 14.6 Å². The smallest absolute Gasteiger partial charge is 0.283 e. The average Bonchev–Trinajstić information content (AvgIpc) is 2.46. The zero-order valence-corrected chi connectivity index (χ0v) is 9.78. The Balaban J connectivity index is 1.95. The number of hydroxylamine groups is 1. The molecule has 0 heterocycles. The molecule has 0 aromatic heterocycles. The summed E-state index contributed by atoms with van der Waals surface area (Å²) in [5.41, 5.74) is 2.68. The van der Waals surface area contributed by atoms with Crippen molar-refractivity contribution in [2.24, 2.45) is 0 Å². The summed E-state index contributed by atoms with van der Waals surface area (Å²) in [6, 6.07) is 14.0. The lowest BCUT2D eigenvalue weighted by molar-refractivity contribution is -0.384. The van der Waals surface area contributed by atoms with Gasteiger partial charge in [-0.25, -0.2) is 0 Å². The van der Waals surface area contributed by atoms with Crippen molar-refractivity contribution in [1.29, 1.82) is 0 Å². The number of nitrogens with one attached hydrogen (secondary N) is 1. The first-order valence-corrected chi connectivity index (χ1v) is 5.43. The van der Waals surface area contributed by atoms with Crippen molar-refractivity contribution in [2.75, 3.05) is 0 Å². The quantitative estimate of drug-likeness (QED) is 0.674. The number of nitro groups is 1. The molecule has 6 nitrogen and oxygen atoms in total. The Morgan fingerprint density at radius 1 is 1.05 bits per heavy atom. The summed E-state index contributed by atoms with van der Waals surface area (Å²) >= 11 is 0. The first-order chi connectivity index (χ1) is 9.16. The van der Waals surface area contributed by atoms with Crippen LogP contribution in [0.4, 0.5) is 5.69 Å². The van der Waals surface area contributed by atoms with E-state index in [0.29, 0.717) is 11.3 Å². The number of rotatable bonds is 4. The van der Waals surface area contributed by atoms with Crippen molar-refractivity contribution >= 4 is 11.6 Å². The Morgan fingerprint density at radius 3 is 2.26 bits per heavy atom. The van der Waals surface area contributed by atoms with Crippen LogP contribution in [0.1, 0.15) is 10.4 Å². The molecule has 0 atom stereocenters. The van der Waals surface area contributed by atoms with E-state index in [2.05, 4.69) is 5.48 Å². The third-order valence-corrected chi connectivity index (χ3v) is 2.35. The number of nitro benzene ring substituents is 1. The lowest BCUT2D eigenvalue weighted by Crippen LogP contribution is -2.26. The maximum atomic E-state index is 11.6. The van der Waals surface area contributed by atoms with Crippen molar-refractivity contribution in [3.63, 3.8) is 0 Å². The molecule has 2 rings (SSSR count). The van der Waals surface area contributed by atoms with Crippen LogP contribution in [0.25, 0.3) is 0 Å². The molecule has 19 heavy (non-hydrogen) atoms. The maximum Gasteiger partial charge on any atom is 0.283 e. The molecule has 0 saturated carbocycles. The van der Waals surface area contributed by atoms with E-state index >= 15 is 0 Å². The van der Waals surface area contributed by atoms with Gasteiger partial charge in [0.05, 0.1) is 4.92 Å². The van der Waals surface area contributed by atoms with Crippen LogP contribution in [0.5, 0.6) is 5.75 Å². The number of nitrogens with zero attached hydrogens (tertiary/aromatic N) is 1. The fourth-order valence-electron chi connectivity index (χ4n) is 1.39. The SMILES string of the molecule is O=C(NOc1ccc([N+](=O)[O-])cc1)c1ccccc1. The molecule has 0 radical (unpaired) electrons. The number of carbonyl (C=O) groups is 1. The molecular weight excluding hydrogens is 248 g/mol. The summed E-state index contributed by atoms with van der Waals surface area (Å²) in [6.45, 7) is 0. The number of carbonyl (C=O) groups excluding carboxylic acids is 1. The predicted octanol–water partition coefficient (Wildman–Crippen LogP) is 2.32. The molecule has 6 heteroatoms. The highest BCUT2D eigenvalue weighted by molar-refractivity contribution is 5.93. The van der Waals surface area contributed by atoms with Crippen LogP contribution in [-0.2, 0) is 0 Å². The van der Waals surface area contributed by atoms with Crippen LogP contribution in [0.15, 0.2) is 54.6 Å². The largest absolute Gasteiger partial charge is 0.379 e. The summed E-state index contributed by atoms with van der Waals surface area (Å²) < 4.78 is 0. The van der Waals surface area contributed by atoms with E-state index in [4.69, 9.17) is 4.84 Å². The highest BCUT2D eigenvalue weighted by atomic mass is 16.7. The molecule has 0 spiro atoms. The molecule has 0 aliphatic heterocycles. The Morgan fingerprint density at radius 2 is 1.68 bits per heavy atom. The van der Waals surface area contributed by atoms with Crippen LogP contribution in [0, 0.1) is 10.1 Å². The molecule has 0 saturated heterocycles. The standard InChI is InChI=1S/C13H10N2O4/c16-13(10-4-2-1-3-5-10)14-19-12-8-6-11(7-9-12)15(17)18/h1-9H,(H,14,16). The summed E-state index contributed by atoms with van der Waals surface area (Å²) in [6.07, 6.45) is 0. The van der Waals surface area contributed by atoms with E-state index in [1.807, 2.05) is 0 Å². The molecule has 1 N–H and O–H groups in total. The van der Waals surface area contributed by atoms with Crippen LogP contribution >= 0.6 is 0 Å². The Labute approximate surface area is 108 Å². The van der Waals surface area contributed by atoms with Gasteiger partial charge in [-0.05, 0) is 24.3 Å². The predicted molar refractivity (Wildman–Crippen MR) is 67.6 cm³/mol. The molecule has 0 aliphatic rings. The van der Waals surface area contributed by atoms with E-state index < -0.39 is 4.92 Å². The van der Waals surface area contributed by atoms with E-state index in [1.54, 1.807) is 30.3 Å². The number of hydrogen-bond donors (Lipinski definition) is 1. The average molecular weight is 258 g/mol. The normalized spacial score (nSPS) is 9.68. The monoisotopic (exact) mass is 258 g/mol. The zero-order valence-electron chi connectivity index (χ0n) is 9.78. The van der Waals surface area contributed by atoms with Crippen molar-refractivity contribution in [3.05, 3.63) is 70.3 Å². The maximum absolute atomic E-state index is 11.6. The number of non-ortho nitro benzene ring substituents is 1. The number of hydrogen-bond acceptors (Lipinski definition) is 4. The van der Waals surface area contributed by atoms with Crippen LogP contribution in [0.2, 0.25) is 0 Å². The number of amides is 1. The first kappa shape index (κ1) is 12.6. The van der Waals surface area contributed by atoms with E-state index in [0.717, 1.165) is 0 Å². The number of benzene rings is 2. The topological polar surface area (TPSA) is 81.5 Å². The van der Waals surface area contributed by atoms with Gasteiger partial charge >= 0.3 is 0 Å². The molecule has 0 unspecified atom stereocenters. The molecule has 2 aromatic carbocycles. The molecule has 0 aliphatic carbocycles. The van der Waals surface area contributed by atoms with Gasteiger partial charge < -0.3 is 4.84 Å². The molecule has 96 valence electrons. The second-order valence-electron chi connectivity index (χ2n) is 3.65. The van der Waals surface area contributed by atoms with Crippen LogP contribution in [-0.4, -0.2) is 10.8 Å². The Hall–Kier alpha value is -2.89. The van der Waals surface area contributed by atoms with E-state index in [1.165, 1.54) is 24.3 Å². The summed E-state index contributed by atoms with van der Waals surface area (Å²) in [4.78, 5) is 26.6. The second kappa shape index (κ2) is 5.63. The van der Waals surface area contributed by atoms with Gasteiger partial charge in [-0.3, -0.25) is 14.9 Å². The van der Waals surface area contributed by atoms with Crippen LogP contribution < -0.4 is 10.3 Å². The van der Waals surface area contributed by atoms with Gasteiger partial charge in [0.15, 0.2) is 5.75 Å². The Kier molecular flexibility index (Phi) is 3.72. The Bertz CT molecular complexity index is 581. The van der Waals surface area contributed by atoms with Crippen molar-refractivity contribution in [3.8, 4) is 5.75 Å². The fourth-order valence-corrected chi connectivity index (χ4v) is 1.39. The third kappa shape index (κ3) is 3.29. The minimum absolute atomic E-state index is 0.0401. The lowest BCUT2D eigenvalue weighted by Gasteiger charge is -2.06. The third-order valence-electron chi connectivity index (χ3n) is 2.35. The lowest BCUT2D eigenvalue weighted by atomic mass is 10.2. The van der Waals surface area contributed by atoms with Gasteiger partial charge in [0, 0.05) is 17.7 Å². The minimum atomic E-state index is -0.508.